The Kier molecular flexibility index (Phi) is 5.59. The summed E-state index contributed by atoms with van der Waals surface area (Å²) in [6.45, 7) is 4.78. The summed E-state index contributed by atoms with van der Waals surface area (Å²) in [5.74, 6) is -0.931. The molecule has 0 bridgehead atoms. The van der Waals surface area contributed by atoms with Crippen molar-refractivity contribution in [1.82, 2.24) is 15.5 Å². The molecule has 1 aliphatic heterocycles. The Labute approximate surface area is 112 Å². The van der Waals surface area contributed by atoms with Crippen molar-refractivity contribution < 1.29 is 19.5 Å². The van der Waals surface area contributed by atoms with Crippen molar-refractivity contribution in [2.45, 2.75) is 32.7 Å². The molecule has 0 saturated carbocycles. The smallest absolute Gasteiger partial charge is 0.326 e. The standard InChI is InChI=1S/C12H21N3O4/c1-8(2)6-13-10(16)7-14-12(19)15-5-3-4-9(15)11(17)18/h8-9H,3-7H2,1-2H3,(H,13,16)(H,14,19)(H,17,18)/t9-/m1/s1. The first-order valence-corrected chi connectivity index (χ1v) is 6.45. The van der Waals surface area contributed by atoms with E-state index in [0.717, 1.165) is 0 Å². The van der Waals surface area contributed by atoms with Crippen LogP contribution in [0.3, 0.4) is 0 Å². The molecule has 0 aliphatic carbocycles. The van der Waals surface area contributed by atoms with Gasteiger partial charge >= 0.3 is 12.0 Å². The highest BCUT2D eigenvalue weighted by atomic mass is 16.4. The second kappa shape index (κ2) is 6.96. The Balaban J connectivity index is 2.34. The molecule has 0 aromatic heterocycles. The molecule has 1 rings (SSSR count). The van der Waals surface area contributed by atoms with Gasteiger partial charge in [-0.1, -0.05) is 13.8 Å². The topological polar surface area (TPSA) is 98.7 Å². The predicted octanol–water partition coefficient (Wildman–Crippen LogP) is 0.0172. The van der Waals surface area contributed by atoms with Crippen molar-refractivity contribution in [3.8, 4) is 0 Å². The summed E-state index contributed by atoms with van der Waals surface area (Å²) in [4.78, 5) is 35.4. The Morgan fingerprint density at radius 2 is 2.00 bits per heavy atom. The summed E-state index contributed by atoms with van der Waals surface area (Å²) in [6, 6.07) is -1.27. The predicted molar refractivity (Wildman–Crippen MR) is 68.6 cm³/mol. The van der Waals surface area contributed by atoms with Crippen molar-refractivity contribution in [1.29, 1.82) is 0 Å². The molecule has 1 saturated heterocycles. The lowest BCUT2D eigenvalue weighted by Gasteiger charge is -2.21. The molecule has 0 aromatic rings. The largest absolute Gasteiger partial charge is 0.480 e. The molecule has 3 amide bonds. The molecule has 0 unspecified atom stereocenters. The number of aliphatic carboxylic acids is 1. The van der Waals surface area contributed by atoms with E-state index in [0.29, 0.717) is 31.8 Å². The number of urea groups is 1. The zero-order chi connectivity index (χ0) is 14.4. The minimum Gasteiger partial charge on any atom is -0.480 e. The zero-order valence-corrected chi connectivity index (χ0v) is 11.3. The second-order valence-electron chi connectivity index (χ2n) is 5.05. The van der Waals surface area contributed by atoms with Gasteiger partial charge in [0.05, 0.1) is 6.54 Å². The summed E-state index contributed by atoms with van der Waals surface area (Å²) in [5, 5.41) is 14.1. The Hall–Kier alpha value is -1.79. The molecular weight excluding hydrogens is 250 g/mol. The van der Waals surface area contributed by atoms with Gasteiger partial charge in [0.2, 0.25) is 5.91 Å². The van der Waals surface area contributed by atoms with E-state index in [9.17, 15) is 14.4 Å². The molecule has 7 heteroatoms. The van der Waals surface area contributed by atoms with Crippen molar-refractivity contribution in [2.24, 2.45) is 5.92 Å². The molecule has 108 valence electrons. The highest BCUT2D eigenvalue weighted by Crippen LogP contribution is 2.16. The minimum absolute atomic E-state index is 0.131. The van der Waals surface area contributed by atoms with Crippen LogP contribution in [0, 0.1) is 5.92 Å². The van der Waals surface area contributed by atoms with Gasteiger partial charge in [0.1, 0.15) is 6.04 Å². The Morgan fingerprint density at radius 3 is 2.58 bits per heavy atom. The van der Waals surface area contributed by atoms with Gasteiger partial charge in [0.25, 0.3) is 0 Å². The normalized spacial score (nSPS) is 18.5. The summed E-state index contributed by atoms with van der Waals surface area (Å²) in [5.41, 5.74) is 0. The van der Waals surface area contributed by atoms with E-state index >= 15 is 0 Å². The van der Waals surface area contributed by atoms with E-state index in [-0.39, 0.29) is 12.5 Å². The van der Waals surface area contributed by atoms with Gasteiger partial charge in [-0.2, -0.15) is 0 Å². The molecular formula is C12H21N3O4. The monoisotopic (exact) mass is 271 g/mol. The number of rotatable bonds is 5. The fourth-order valence-corrected chi connectivity index (χ4v) is 1.90. The van der Waals surface area contributed by atoms with E-state index in [2.05, 4.69) is 10.6 Å². The maximum absolute atomic E-state index is 11.8. The van der Waals surface area contributed by atoms with Crippen LogP contribution >= 0.6 is 0 Å². The molecule has 19 heavy (non-hydrogen) atoms. The third-order valence-corrected chi connectivity index (χ3v) is 2.91. The number of amides is 3. The molecule has 0 aromatic carbocycles. The SMILES string of the molecule is CC(C)CNC(=O)CNC(=O)N1CCC[C@@H]1C(=O)O. The quantitative estimate of drug-likeness (QED) is 0.656. The number of hydrogen-bond donors (Lipinski definition) is 3. The number of carboxylic acid groups (broad SMARTS) is 1. The zero-order valence-electron chi connectivity index (χ0n) is 11.3. The van der Waals surface area contributed by atoms with Gasteiger partial charge in [-0.3, -0.25) is 4.79 Å². The first-order valence-electron chi connectivity index (χ1n) is 6.45. The second-order valence-corrected chi connectivity index (χ2v) is 5.05. The lowest BCUT2D eigenvalue weighted by molar-refractivity contribution is -0.141. The Bertz CT molecular complexity index is 357. The summed E-state index contributed by atoms with van der Waals surface area (Å²) in [6.07, 6.45) is 1.13. The number of carboxylic acids is 1. The van der Waals surface area contributed by atoms with E-state index in [1.807, 2.05) is 13.8 Å². The van der Waals surface area contributed by atoms with Crippen molar-refractivity contribution in [3.63, 3.8) is 0 Å². The van der Waals surface area contributed by atoms with E-state index in [4.69, 9.17) is 5.11 Å². The number of carbonyl (C=O) groups excluding carboxylic acids is 2. The first kappa shape index (κ1) is 15.3. The third-order valence-electron chi connectivity index (χ3n) is 2.91. The number of likely N-dealkylation sites (tertiary alicyclic amines) is 1. The van der Waals surface area contributed by atoms with Gasteiger partial charge in [0.15, 0.2) is 0 Å². The van der Waals surface area contributed by atoms with Crippen molar-refractivity contribution in [2.75, 3.05) is 19.6 Å². The average molecular weight is 271 g/mol. The van der Waals surface area contributed by atoms with Crippen LogP contribution in [0.5, 0.6) is 0 Å². The van der Waals surface area contributed by atoms with E-state index in [1.54, 1.807) is 0 Å². The maximum atomic E-state index is 11.8. The summed E-state index contributed by atoms with van der Waals surface area (Å²) < 4.78 is 0. The average Bonchev–Trinajstić information content (AvgIpc) is 2.82. The third kappa shape index (κ3) is 4.76. The van der Waals surface area contributed by atoms with Crippen LogP contribution in [-0.2, 0) is 9.59 Å². The number of nitrogens with one attached hydrogen (secondary N) is 2. The van der Waals surface area contributed by atoms with Crippen LogP contribution in [0.2, 0.25) is 0 Å². The molecule has 0 radical (unpaired) electrons. The summed E-state index contributed by atoms with van der Waals surface area (Å²) in [7, 11) is 0. The molecule has 1 aliphatic rings. The van der Waals surface area contributed by atoms with Crippen molar-refractivity contribution in [3.05, 3.63) is 0 Å². The van der Waals surface area contributed by atoms with Crippen molar-refractivity contribution >= 4 is 17.9 Å². The van der Waals surface area contributed by atoms with Gasteiger partial charge in [-0.25, -0.2) is 9.59 Å². The van der Waals surface area contributed by atoms with Crippen LogP contribution in [0.25, 0.3) is 0 Å². The van der Waals surface area contributed by atoms with Crippen LogP contribution in [0.4, 0.5) is 4.79 Å². The minimum atomic E-state index is -1.00. The van der Waals surface area contributed by atoms with Crippen LogP contribution in [-0.4, -0.2) is 53.6 Å². The lowest BCUT2D eigenvalue weighted by Crippen LogP contribution is -2.48. The highest BCUT2D eigenvalue weighted by Gasteiger charge is 2.33. The van der Waals surface area contributed by atoms with E-state index in [1.165, 1.54) is 4.90 Å². The molecule has 1 fully saturated rings. The van der Waals surface area contributed by atoms with Crippen LogP contribution < -0.4 is 10.6 Å². The molecule has 0 spiro atoms. The lowest BCUT2D eigenvalue weighted by atomic mass is 10.2. The van der Waals surface area contributed by atoms with Gasteiger partial charge in [0, 0.05) is 13.1 Å². The molecule has 1 atom stereocenters. The number of nitrogens with zero attached hydrogens (tertiary/aromatic N) is 1. The van der Waals surface area contributed by atoms with Crippen LogP contribution in [0.15, 0.2) is 0 Å². The highest BCUT2D eigenvalue weighted by molar-refractivity contribution is 5.87. The maximum Gasteiger partial charge on any atom is 0.326 e. The first-order chi connectivity index (χ1) is 8.91. The van der Waals surface area contributed by atoms with Gasteiger partial charge in [-0.05, 0) is 18.8 Å². The fourth-order valence-electron chi connectivity index (χ4n) is 1.90. The van der Waals surface area contributed by atoms with E-state index < -0.39 is 18.0 Å². The Morgan fingerprint density at radius 1 is 1.32 bits per heavy atom. The van der Waals surface area contributed by atoms with Gasteiger partial charge in [-0.15, -0.1) is 0 Å². The fraction of sp³-hybridized carbons (Fsp3) is 0.750. The molecule has 1 heterocycles. The number of carbonyl (C=O) groups is 3. The van der Waals surface area contributed by atoms with Gasteiger partial charge < -0.3 is 20.6 Å². The van der Waals surface area contributed by atoms with Crippen LogP contribution in [0.1, 0.15) is 26.7 Å². The molecule has 7 nitrogen and oxygen atoms in total. The number of hydrogen-bond acceptors (Lipinski definition) is 3. The summed E-state index contributed by atoms with van der Waals surface area (Å²) >= 11 is 0. The molecule has 3 N–H and O–H groups in total.